The molecule has 2 aromatic heterocycles. The molecule has 4 aromatic rings. The van der Waals surface area contributed by atoms with Crippen LogP contribution in [0.15, 0.2) is 54.7 Å². The molecule has 1 amide bonds. The van der Waals surface area contributed by atoms with E-state index in [4.69, 9.17) is 9.47 Å². The van der Waals surface area contributed by atoms with Crippen molar-refractivity contribution < 1.29 is 36.9 Å². The van der Waals surface area contributed by atoms with Crippen LogP contribution in [-0.4, -0.2) is 46.4 Å². The summed E-state index contributed by atoms with van der Waals surface area (Å²) in [5, 5.41) is 14.1. The minimum Gasteiger partial charge on any atom is -0.491 e. The van der Waals surface area contributed by atoms with E-state index in [1.807, 2.05) is 0 Å². The molecule has 1 aliphatic rings. The first kappa shape index (κ1) is 28.4. The Morgan fingerprint density at radius 3 is 2.49 bits per heavy atom. The highest BCUT2D eigenvalue weighted by Crippen LogP contribution is 2.42. The van der Waals surface area contributed by atoms with Crippen molar-refractivity contribution in [2.24, 2.45) is 0 Å². The molecule has 2 heterocycles. The lowest BCUT2D eigenvalue weighted by atomic mass is 9.94. The molecule has 216 valence electrons. The molecule has 1 atom stereocenters. The Kier molecular flexibility index (Phi) is 7.65. The van der Waals surface area contributed by atoms with E-state index in [1.165, 1.54) is 24.3 Å². The van der Waals surface area contributed by atoms with Crippen LogP contribution in [0.2, 0.25) is 0 Å². The van der Waals surface area contributed by atoms with Crippen molar-refractivity contribution in [1.29, 1.82) is 0 Å². The summed E-state index contributed by atoms with van der Waals surface area (Å²) in [6.07, 6.45) is -1.48. The van der Waals surface area contributed by atoms with Gasteiger partial charge in [-0.25, -0.2) is 9.37 Å². The van der Waals surface area contributed by atoms with Crippen LogP contribution in [0.5, 0.6) is 11.5 Å². The molecular weight excluding hydrogens is 542 g/mol. The van der Waals surface area contributed by atoms with E-state index in [-0.39, 0.29) is 36.1 Å². The number of hydrogen-bond donors (Lipinski definition) is 3. The third-order valence-electron chi connectivity index (χ3n) is 6.94. The van der Waals surface area contributed by atoms with E-state index in [1.54, 1.807) is 26.1 Å². The average molecular weight is 572 g/mol. The number of aryl methyl sites for hydroxylation is 1. The van der Waals surface area contributed by atoms with Gasteiger partial charge in [0.25, 0.3) is 5.91 Å². The lowest BCUT2D eigenvalue weighted by molar-refractivity contribution is -0.265. The normalized spacial score (nSPS) is 15.0. The zero-order chi connectivity index (χ0) is 29.4. The molecule has 5 rings (SSSR count). The first-order chi connectivity index (χ1) is 19.5. The second-order valence-electron chi connectivity index (χ2n) is 9.91. The average Bonchev–Trinajstić information content (AvgIpc) is 3.63. The monoisotopic (exact) mass is 571 g/mol. The Morgan fingerprint density at radius 2 is 1.85 bits per heavy atom. The summed E-state index contributed by atoms with van der Waals surface area (Å²) in [5.74, 6) is -0.689. The number of fused-ring (bicyclic) bond motifs is 1. The van der Waals surface area contributed by atoms with E-state index in [0.29, 0.717) is 27.8 Å². The highest BCUT2D eigenvalue weighted by Gasteiger charge is 2.56. The van der Waals surface area contributed by atoms with Crippen LogP contribution < -0.4 is 14.8 Å². The number of aromatic nitrogens is 2. The summed E-state index contributed by atoms with van der Waals surface area (Å²) in [6, 6.07) is 10.9. The van der Waals surface area contributed by atoms with Gasteiger partial charge >= 0.3 is 6.18 Å². The second-order valence-corrected chi connectivity index (χ2v) is 9.91. The third-order valence-corrected chi connectivity index (χ3v) is 6.94. The number of aromatic amines is 1. The fourth-order valence-electron chi connectivity index (χ4n) is 4.54. The summed E-state index contributed by atoms with van der Waals surface area (Å²) in [7, 11) is 0. The maximum Gasteiger partial charge on any atom is 0.424 e. The van der Waals surface area contributed by atoms with Crippen LogP contribution in [0.4, 0.5) is 17.6 Å². The molecule has 1 fully saturated rings. The van der Waals surface area contributed by atoms with E-state index >= 15 is 0 Å². The van der Waals surface area contributed by atoms with Crippen molar-refractivity contribution in [3.8, 4) is 22.8 Å². The highest BCUT2D eigenvalue weighted by atomic mass is 19.4. The molecule has 1 saturated carbocycles. The zero-order valence-corrected chi connectivity index (χ0v) is 22.4. The number of rotatable bonds is 10. The van der Waals surface area contributed by atoms with Crippen LogP contribution >= 0.6 is 0 Å². The van der Waals surface area contributed by atoms with Crippen molar-refractivity contribution in [3.63, 3.8) is 0 Å². The highest BCUT2D eigenvalue weighted by molar-refractivity contribution is 6.00. The lowest BCUT2D eigenvalue weighted by Gasteiger charge is -2.31. The number of carbonyl (C=O) groups excluding carboxylic acids is 1. The zero-order valence-electron chi connectivity index (χ0n) is 22.4. The molecule has 0 spiro atoms. The van der Waals surface area contributed by atoms with Gasteiger partial charge in [-0.05, 0) is 80.3 Å². The Balaban J connectivity index is 1.51. The van der Waals surface area contributed by atoms with Gasteiger partial charge in [-0.15, -0.1) is 0 Å². The lowest BCUT2D eigenvalue weighted by Crippen LogP contribution is -2.51. The molecule has 7 nitrogen and oxygen atoms in total. The Bertz CT molecular complexity index is 1560. The predicted molar refractivity (Wildman–Crippen MR) is 144 cm³/mol. The van der Waals surface area contributed by atoms with Crippen molar-refractivity contribution in [3.05, 3.63) is 77.4 Å². The standard InChI is InChI=1S/C30H29F4N3O4/c1-3-17-15-24(37-26(27(17)40-4-2)18-5-7-21(31)8-6-18)29(39,30(32,33)34)16-36-28(38)20-13-19-11-12-35-25(19)23(14-20)41-22-9-10-22/h5-8,11-15,22,35,39H,3-4,9-10,16H2,1-2H3,(H,36,38)/t29-/m0/s1. The smallest absolute Gasteiger partial charge is 0.424 e. The number of benzene rings is 2. The largest absolute Gasteiger partial charge is 0.491 e. The number of alkyl halides is 3. The van der Waals surface area contributed by atoms with Gasteiger partial charge < -0.3 is 24.9 Å². The predicted octanol–water partition coefficient (Wildman–Crippen LogP) is 6.05. The molecule has 41 heavy (non-hydrogen) atoms. The van der Waals surface area contributed by atoms with Gasteiger partial charge in [0.15, 0.2) is 0 Å². The van der Waals surface area contributed by atoms with Crippen LogP contribution in [0.25, 0.3) is 22.2 Å². The summed E-state index contributed by atoms with van der Waals surface area (Å²) in [5.41, 5.74) is -2.80. The van der Waals surface area contributed by atoms with Crippen LogP contribution in [0.1, 0.15) is 48.3 Å². The number of carbonyl (C=O) groups is 1. The van der Waals surface area contributed by atoms with Crippen LogP contribution in [0, 0.1) is 5.82 Å². The van der Waals surface area contributed by atoms with Gasteiger partial charge in [0.05, 0.1) is 30.5 Å². The second kappa shape index (κ2) is 11.0. The van der Waals surface area contributed by atoms with Gasteiger partial charge in [-0.1, -0.05) is 6.92 Å². The van der Waals surface area contributed by atoms with Gasteiger partial charge in [0.2, 0.25) is 5.60 Å². The van der Waals surface area contributed by atoms with Gasteiger partial charge in [0, 0.05) is 22.7 Å². The molecule has 0 unspecified atom stereocenters. The molecule has 3 N–H and O–H groups in total. The number of halogens is 4. The SMILES string of the molecule is CCOc1c(CC)cc([C@@](O)(CNC(=O)c2cc(OC3CC3)c3[nH]ccc3c2)C(F)(F)F)nc1-c1ccc(F)cc1. The van der Waals surface area contributed by atoms with Gasteiger partial charge in [-0.3, -0.25) is 4.79 Å². The molecule has 1 aliphatic carbocycles. The topological polar surface area (TPSA) is 96.5 Å². The minimum atomic E-state index is -5.21. The number of hydrogen-bond acceptors (Lipinski definition) is 5. The molecule has 2 aromatic carbocycles. The molecule has 0 radical (unpaired) electrons. The quantitative estimate of drug-likeness (QED) is 0.202. The number of nitrogens with one attached hydrogen (secondary N) is 2. The van der Waals surface area contributed by atoms with Crippen LogP contribution in [-0.2, 0) is 12.0 Å². The molecule has 0 bridgehead atoms. The number of amides is 1. The van der Waals surface area contributed by atoms with Crippen molar-refractivity contribution in [1.82, 2.24) is 15.3 Å². The van der Waals surface area contributed by atoms with Crippen molar-refractivity contribution in [2.75, 3.05) is 13.2 Å². The Hall–Kier alpha value is -4.12. The Labute approximate surface area is 233 Å². The summed E-state index contributed by atoms with van der Waals surface area (Å²) in [6.45, 7) is 2.45. The van der Waals surface area contributed by atoms with Gasteiger partial charge in [0.1, 0.15) is 23.0 Å². The molecular formula is C30H29F4N3O4. The fraction of sp³-hybridized carbons (Fsp3) is 0.333. The minimum absolute atomic E-state index is 0.0231. The summed E-state index contributed by atoms with van der Waals surface area (Å²) < 4.78 is 68.9. The maximum atomic E-state index is 14.5. The summed E-state index contributed by atoms with van der Waals surface area (Å²) in [4.78, 5) is 20.4. The molecule has 11 heteroatoms. The Morgan fingerprint density at radius 1 is 1.12 bits per heavy atom. The van der Waals surface area contributed by atoms with E-state index in [9.17, 15) is 27.5 Å². The number of nitrogens with zero attached hydrogens (tertiary/aromatic N) is 1. The first-order valence-electron chi connectivity index (χ1n) is 13.3. The fourth-order valence-corrected chi connectivity index (χ4v) is 4.54. The van der Waals surface area contributed by atoms with E-state index < -0.39 is 35.7 Å². The van der Waals surface area contributed by atoms with Gasteiger partial charge in [-0.2, -0.15) is 13.2 Å². The number of aliphatic hydroxyl groups is 1. The number of pyridine rings is 1. The third kappa shape index (κ3) is 5.72. The maximum absolute atomic E-state index is 14.5. The van der Waals surface area contributed by atoms with Crippen molar-refractivity contribution >= 4 is 16.8 Å². The van der Waals surface area contributed by atoms with Crippen molar-refractivity contribution in [2.45, 2.75) is 51.0 Å². The first-order valence-corrected chi connectivity index (χ1v) is 13.3. The summed E-state index contributed by atoms with van der Waals surface area (Å²) >= 11 is 0. The van der Waals surface area contributed by atoms with Crippen LogP contribution in [0.3, 0.4) is 0 Å². The number of ether oxygens (including phenoxy) is 2. The molecule has 0 saturated heterocycles. The molecule has 0 aliphatic heterocycles. The number of H-pyrrole nitrogens is 1. The van der Waals surface area contributed by atoms with E-state index in [0.717, 1.165) is 31.0 Å². The van der Waals surface area contributed by atoms with E-state index in [2.05, 4.69) is 15.3 Å².